The van der Waals surface area contributed by atoms with E-state index in [0.717, 1.165) is 21.3 Å². The van der Waals surface area contributed by atoms with Crippen molar-refractivity contribution in [2.75, 3.05) is 6.61 Å². The second kappa shape index (κ2) is 7.99. The number of amides is 1. The number of carbonyl (C=O) groups excluding carboxylic acids is 1. The topological polar surface area (TPSA) is 38.3 Å². The maximum absolute atomic E-state index is 12.2. The van der Waals surface area contributed by atoms with Crippen LogP contribution in [-0.2, 0) is 11.2 Å². The molecule has 0 spiro atoms. The first kappa shape index (κ1) is 16.6. The van der Waals surface area contributed by atoms with Gasteiger partial charge >= 0.3 is 0 Å². The number of hydrogen-bond donors (Lipinski definition) is 1. The molecule has 2 rings (SSSR count). The van der Waals surface area contributed by atoms with E-state index in [1.54, 1.807) is 0 Å². The smallest absolute Gasteiger partial charge is 0.224 e. The van der Waals surface area contributed by atoms with Crippen LogP contribution in [0.15, 0.2) is 53.0 Å². The number of hydrogen-bond acceptors (Lipinski definition) is 2. The average Bonchev–Trinajstić information content (AvgIpc) is 2.50. The quantitative estimate of drug-likeness (QED) is 0.834. The van der Waals surface area contributed by atoms with E-state index in [0.29, 0.717) is 13.0 Å². The third kappa shape index (κ3) is 4.60. The van der Waals surface area contributed by atoms with Crippen LogP contribution in [-0.4, -0.2) is 12.5 Å². The molecular formula is C18H20BrNO2. The van der Waals surface area contributed by atoms with E-state index in [1.807, 2.05) is 62.4 Å². The lowest BCUT2D eigenvalue weighted by atomic mass is 10.1. The summed E-state index contributed by atoms with van der Waals surface area (Å²) >= 11 is 3.51. The fourth-order valence-electron chi connectivity index (χ4n) is 2.25. The SMILES string of the molecule is CCOc1ccc(CC(=O)NC(C)c2ccccc2Br)cc1. The molecule has 0 aromatic heterocycles. The highest BCUT2D eigenvalue weighted by molar-refractivity contribution is 9.10. The van der Waals surface area contributed by atoms with Crippen LogP contribution >= 0.6 is 15.9 Å². The number of nitrogens with one attached hydrogen (secondary N) is 1. The molecule has 2 aromatic carbocycles. The normalized spacial score (nSPS) is 11.8. The van der Waals surface area contributed by atoms with E-state index < -0.39 is 0 Å². The van der Waals surface area contributed by atoms with Crippen molar-refractivity contribution in [1.29, 1.82) is 0 Å². The Kier molecular flexibility index (Phi) is 6.01. The van der Waals surface area contributed by atoms with Gasteiger partial charge in [0.1, 0.15) is 5.75 Å². The lowest BCUT2D eigenvalue weighted by Crippen LogP contribution is -2.28. The summed E-state index contributed by atoms with van der Waals surface area (Å²) in [4.78, 5) is 12.2. The first-order valence-electron chi connectivity index (χ1n) is 7.35. The van der Waals surface area contributed by atoms with Crippen molar-refractivity contribution < 1.29 is 9.53 Å². The van der Waals surface area contributed by atoms with Crippen LogP contribution in [0.5, 0.6) is 5.75 Å². The van der Waals surface area contributed by atoms with E-state index in [4.69, 9.17) is 4.74 Å². The zero-order chi connectivity index (χ0) is 15.9. The van der Waals surface area contributed by atoms with Crippen LogP contribution in [0.4, 0.5) is 0 Å². The first-order chi connectivity index (χ1) is 10.6. The predicted octanol–water partition coefficient (Wildman–Crippen LogP) is 4.27. The van der Waals surface area contributed by atoms with Gasteiger partial charge in [0, 0.05) is 4.47 Å². The highest BCUT2D eigenvalue weighted by atomic mass is 79.9. The number of rotatable bonds is 6. The van der Waals surface area contributed by atoms with Gasteiger partial charge in [0.15, 0.2) is 0 Å². The standard InChI is InChI=1S/C18H20BrNO2/c1-3-22-15-10-8-14(9-11-15)12-18(21)20-13(2)16-6-4-5-7-17(16)19/h4-11,13H,3,12H2,1-2H3,(H,20,21). The van der Waals surface area contributed by atoms with E-state index in [1.165, 1.54) is 0 Å². The Morgan fingerprint density at radius 1 is 1.18 bits per heavy atom. The van der Waals surface area contributed by atoms with E-state index in [9.17, 15) is 4.79 Å². The first-order valence-corrected chi connectivity index (χ1v) is 8.15. The van der Waals surface area contributed by atoms with Gasteiger partial charge in [-0.15, -0.1) is 0 Å². The van der Waals surface area contributed by atoms with Crippen molar-refractivity contribution in [1.82, 2.24) is 5.32 Å². The van der Waals surface area contributed by atoms with Crippen molar-refractivity contribution in [2.45, 2.75) is 26.3 Å². The fourth-order valence-corrected chi connectivity index (χ4v) is 2.88. The van der Waals surface area contributed by atoms with Gasteiger partial charge in [-0.1, -0.05) is 46.3 Å². The molecule has 3 nitrogen and oxygen atoms in total. The van der Waals surface area contributed by atoms with Crippen LogP contribution < -0.4 is 10.1 Å². The second-order valence-corrected chi connectivity index (χ2v) is 5.92. The highest BCUT2D eigenvalue weighted by Crippen LogP contribution is 2.22. The molecule has 0 bridgehead atoms. The molecule has 1 unspecified atom stereocenters. The van der Waals surface area contributed by atoms with Gasteiger partial charge in [0.25, 0.3) is 0 Å². The summed E-state index contributed by atoms with van der Waals surface area (Å²) < 4.78 is 6.40. The maximum atomic E-state index is 12.2. The van der Waals surface area contributed by atoms with Gasteiger partial charge < -0.3 is 10.1 Å². The van der Waals surface area contributed by atoms with Crippen molar-refractivity contribution in [3.63, 3.8) is 0 Å². The Morgan fingerprint density at radius 2 is 1.86 bits per heavy atom. The van der Waals surface area contributed by atoms with Crippen LogP contribution in [0.2, 0.25) is 0 Å². The predicted molar refractivity (Wildman–Crippen MR) is 92.0 cm³/mol. The van der Waals surface area contributed by atoms with Crippen molar-refractivity contribution >= 4 is 21.8 Å². The average molecular weight is 362 g/mol. The number of ether oxygens (including phenoxy) is 1. The monoisotopic (exact) mass is 361 g/mol. The molecule has 0 radical (unpaired) electrons. The summed E-state index contributed by atoms with van der Waals surface area (Å²) in [5, 5.41) is 3.03. The van der Waals surface area contributed by atoms with Gasteiger partial charge in [0.2, 0.25) is 5.91 Å². The Hall–Kier alpha value is -1.81. The summed E-state index contributed by atoms with van der Waals surface area (Å²) in [6.45, 7) is 4.57. The third-order valence-corrected chi connectivity index (χ3v) is 4.07. The van der Waals surface area contributed by atoms with Crippen LogP contribution in [0.3, 0.4) is 0 Å². The summed E-state index contributed by atoms with van der Waals surface area (Å²) in [5.74, 6) is 0.834. The minimum atomic E-state index is -0.0363. The van der Waals surface area contributed by atoms with E-state index in [2.05, 4.69) is 21.2 Å². The largest absolute Gasteiger partial charge is 0.494 e. The molecule has 0 aliphatic heterocycles. The molecule has 116 valence electrons. The lowest BCUT2D eigenvalue weighted by molar-refractivity contribution is -0.121. The molecule has 1 atom stereocenters. The van der Waals surface area contributed by atoms with Gasteiger partial charge in [-0.2, -0.15) is 0 Å². The Morgan fingerprint density at radius 3 is 2.50 bits per heavy atom. The molecule has 0 saturated carbocycles. The van der Waals surface area contributed by atoms with E-state index in [-0.39, 0.29) is 11.9 Å². The summed E-state index contributed by atoms with van der Waals surface area (Å²) in [6.07, 6.45) is 0.362. The van der Waals surface area contributed by atoms with Crippen molar-refractivity contribution in [3.05, 3.63) is 64.1 Å². The molecule has 0 fully saturated rings. The second-order valence-electron chi connectivity index (χ2n) is 5.06. The van der Waals surface area contributed by atoms with Crippen LogP contribution in [0.1, 0.15) is 31.0 Å². The van der Waals surface area contributed by atoms with Crippen LogP contribution in [0, 0.1) is 0 Å². The molecular weight excluding hydrogens is 342 g/mol. The molecule has 0 saturated heterocycles. The van der Waals surface area contributed by atoms with Crippen LogP contribution in [0.25, 0.3) is 0 Å². The summed E-state index contributed by atoms with van der Waals surface area (Å²) in [6, 6.07) is 15.5. The molecule has 1 amide bonds. The molecule has 22 heavy (non-hydrogen) atoms. The van der Waals surface area contributed by atoms with Gasteiger partial charge in [-0.05, 0) is 43.2 Å². The minimum absolute atomic E-state index is 0.00686. The zero-order valence-corrected chi connectivity index (χ0v) is 14.4. The molecule has 0 aliphatic carbocycles. The Labute approximate surface area is 139 Å². The number of benzene rings is 2. The maximum Gasteiger partial charge on any atom is 0.224 e. The molecule has 2 aromatic rings. The highest BCUT2D eigenvalue weighted by Gasteiger charge is 2.12. The Bertz CT molecular complexity index is 625. The van der Waals surface area contributed by atoms with E-state index >= 15 is 0 Å². The number of carbonyl (C=O) groups is 1. The van der Waals surface area contributed by atoms with Crippen molar-refractivity contribution in [3.8, 4) is 5.75 Å². The molecule has 4 heteroatoms. The lowest BCUT2D eigenvalue weighted by Gasteiger charge is -2.16. The molecule has 0 heterocycles. The summed E-state index contributed by atoms with van der Waals surface area (Å²) in [7, 11) is 0. The number of halogens is 1. The van der Waals surface area contributed by atoms with Gasteiger partial charge in [-0.25, -0.2) is 0 Å². The molecule has 1 N–H and O–H groups in total. The zero-order valence-electron chi connectivity index (χ0n) is 12.8. The summed E-state index contributed by atoms with van der Waals surface area (Å²) in [5.41, 5.74) is 2.04. The van der Waals surface area contributed by atoms with Crippen molar-refractivity contribution in [2.24, 2.45) is 0 Å². The fraction of sp³-hybridized carbons (Fsp3) is 0.278. The molecule has 0 aliphatic rings. The Balaban J connectivity index is 1.93. The van der Waals surface area contributed by atoms with Gasteiger partial charge in [0.05, 0.1) is 19.1 Å². The minimum Gasteiger partial charge on any atom is -0.494 e. The van der Waals surface area contributed by atoms with Gasteiger partial charge in [-0.3, -0.25) is 4.79 Å². The third-order valence-electron chi connectivity index (χ3n) is 3.35.